The van der Waals surface area contributed by atoms with Crippen molar-refractivity contribution in [1.29, 1.82) is 0 Å². The number of carbonyl (C=O) groups is 1. The summed E-state index contributed by atoms with van der Waals surface area (Å²) in [5.41, 5.74) is 3.44. The van der Waals surface area contributed by atoms with Crippen LogP contribution in [0.2, 0.25) is 0 Å². The van der Waals surface area contributed by atoms with Crippen LogP contribution in [0.15, 0.2) is 48.5 Å². The zero-order valence-electron chi connectivity index (χ0n) is 19.0. The molecule has 0 amide bonds. The van der Waals surface area contributed by atoms with Crippen molar-refractivity contribution in [3.63, 3.8) is 0 Å². The summed E-state index contributed by atoms with van der Waals surface area (Å²) < 4.78 is 11.4. The van der Waals surface area contributed by atoms with Crippen LogP contribution in [0.25, 0.3) is 0 Å². The van der Waals surface area contributed by atoms with E-state index >= 15 is 0 Å². The standard InChI is InChI=1S/C27H38O3/c1-4-7-10-15-22-19-20-26(24(21-22)18-11-8-5-2)30-27(28)29-25(14-6-3)23-16-12-9-13-17-23/h9,12-13,16-17,19-21,25H,4-8,10-11,14-15,18H2,1-3H3. The molecule has 0 heterocycles. The van der Waals surface area contributed by atoms with Gasteiger partial charge in [0.25, 0.3) is 0 Å². The van der Waals surface area contributed by atoms with E-state index in [4.69, 9.17) is 9.47 Å². The molecular weight excluding hydrogens is 372 g/mol. The Morgan fingerprint density at radius 1 is 0.833 bits per heavy atom. The van der Waals surface area contributed by atoms with Crippen molar-refractivity contribution in [2.24, 2.45) is 0 Å². The van der Waals surface area contributed by atoms with Crippen molar-refractivity contribution in [1.82, 2.24) is 0 Å². The van der Waals surface area contributed by atoms with Gasteiger partial charge in [-0.2, -0.15) is 0 Å². The number of unbranched alkanes of at least 4 members (excludes halogenated alkanes) is 4. The second-order valence-corrected chi connectivity index (χ2v) is 8.01. The molecule has 0 aromatic heterocycles. The van der Waals surface area contributed by atoms with Crippen LogP contribution in [-0.2, 0) is 17.6 Å². The normalized spacial score (nSPS) is 11.8. The van der Waals surface area contributed by atoms with Crippen LogP contribution in [0.3, 0.4) is 0 Å². The summed E-state index contributed by atoms with van der Waals surface area (Å²) in [6.45, 7) is 6.51. The molecule has 0 aliphatic carbocycles. The molecule has 2 aromatic carbocycles. The van der Waals surface area contributed by atoms with Crippen LogP contribution in [0, 0.1) is 0 Å². The fourth-order valence-electron chi connectivity index (χ4n) is 3.68. The monoisotopic (exact) mass is 410 g/mol. The molecular formula is C27H38O3. The minimum Gasteiger partial charge on any atom is -0.426 e. The average molecular weight is 411 g/mol. The third-order valence-electron chi connectivity index (χ3n) is 5.40. The van der Waals surface area contributed by atoms with E-state index in [-0.39, 0.29) is 6.10 Å². The third kappa shape index (κ3) is 8.22. The highest BCUT2D eigenvalue weighted by atomic mass is 16.7. The molecule has 0 aliphatic rings. The molecule has 0 saturated heterocycles. The summed E-state index contributed by atoms with van der Waals surface area (Å²) in [5, 5.41) is 0. The summed E-state index contributed by atoms with van der Waals surface area (Å²) >= 11 is 0. The minimum atomic E-state index is -0.618. The quantitative estimate of drug-likeness (QED) is 0.190. The Kier molecular flexibility index (Phi) is 11.1. The predicted molar refractivity (Wildman–Crippen MR) is 124 cm³/mol. The van der Waals surface area contributed by atoms with Crippen molar-refractivity contribution in [2.75, 3.05) is 0 Å². The fourth-order valence-corrected chi connectivity index (χ4v) is 3.68. The molecule has 0 saturated carbocycles. The number of hydrogen-bond acceptors (Lipinski definition) is 3. The molecule has 0 N–H and O–H groups in total. The van der Waals surface area contributed by atoms with Gasteiger partial charge in [-0.1, -0.05) is 95.3 Å². The van der Waals surface area contributed by atoms with Crippen molar-refractivity contribution in [2.45, 2.75) is 91.1 Å². The van der Waals surface area contributed by atoms with Gasteiger partial charge in [0.05, 0.1) is 0 Å². The van der Waals surface area contributed by atoms with E-state index in [2.05, 4.69) is 32.9 Å². The smallest absolute Gasteiger partial charge is 0.426 e. The predicted octanol–water partition coefficient (Wildman–Crippen LogP) is 8.21. The fraction of sp³-hybridized carbons (Fsp3) is 0.519. The van der Waals surface area contributed by atoms with Gasteiger partial charge in [-0.25, -0.2) is 4.79 Å². The van der Waals surface area contributed by atoms with E-state index in [1.165, 1.54) is 37.7 Å². The topological polar surface area (TPSA) is 35.5 Å². The lowest BCUT2D eigenvalue weighted by Crippen LogP contribution is -2.16. The number of ether oxygens (including phenoxy) is 2. The zero-order chi connectivity index (χ0) is 21.6. The molecule has 3 heteroatoms. The highest BCUT2D eigenvalue weighted by Gasteiger charge is 2.19. The van der Waals surface area contributed by atoms with Crippen molar-refractivity contribution in [3.05, 3.63) is 65.2 Å². The molecule has 0 aliphatic heterocycles. The molecule has 3 nitrogen and oxygen atoms in total. The van der Waals surface area contributed by atoms with E-state index in [9.17, 15) is 4.79 Å². The first-order chi connectivity index (χ1) is 14.7. The molecule has 164 valence electrons. The molecule has 0 spiro atoms. The van der Waals surface area contributed by atoms with Gasteiger partial charge >= 0.3 is 6.16 Å². The lowest BCUT2D eigenvalue weighted by molar-refractivity contribution is 0.0534. The molecule has 1 atom stereocenters. The van der Waals surface area contributed by atoms with Crippen LogP contribution >= 0.6 is 0 Å². The number of aryl methyl sites for hydroxylation is 2. The number of carbonyl (C=O) groups excluding carboxylic acids is 1. The van der Waals surface area contributed by atoms with Crippen LogP contribution < -0.4 is 4.74 Å². The van der Waals surface area contributed by atoms with E-state index in [1.54, 1.807) is 0 Å². The second-order valence-electron chi connectivity index (χ2n) is 8.01. The molecule has 0 fully saturated rings. The van der Waals surface area contributed by atoms with Crippen LogP contribution in [-0.4, -0.2) is 6.16 Å². The van der Waals surface area contributed by atoms with Gasteiger partial charge in [-0.15, -0.1) is 0 Å². The SMILES string of the molecule is CCCCCc1ccc(OC(=O)OC(CCC)c2ccccc2)c(CCCCC)c1. The van der Waals surface area contributed by atoms with Crippen LogP contribution in [0.5, 0.6) is 5.75 Å². The molecule has 1 unspecified atom stereocenters. The Morgan fingerprint density at radius 3 is 2.20 bits per heavy atom. The maximum Gasteiger partial charge on any atom is 0.514 e. The largest absolute Gasteiger partial charge is 0.514 e. The lowest BCUT2D eigenvalue weighted by atomic mass is 10.0. The number of hydrogen-bond donors (Lipinski definition) is 0. The Bertz CT molecular complexity index is 739. The van der Waals surface area contributed by atoms with E-state index < -0.39 is 6.16 Å². The van der Waals surface area contributed by atoms with Gasteiger partial charge in [-0.3, -0.25) is 0 Å². The summed E-state index contributed by atoms with van der Waals surface area (Å²) in [7, 11) is 0. The average Bonchev–Trinajstić information content (AvgIpc) is 2.76. The molecule has 0 bridgehead atoms. The maximum absolute atomic E-state index is 12.6. The van der Waals surface area contributed by atoms with Gasteiger partial charge in [0, 0.05) is 0 Å². The van der Waals surface area contributed by atoms with E-state index in [0.717, 1.165) is 43.2 Å². The highest BCUT2D eigenvalue weighted by Crippen LogP contribution is 2.27. The first-order valence-corrected chi connectivity index (χ1v) is 11.7. The first kappa shape index (κ1) is 24.0. The van der Waals surface area contributed by atoms with E-state index in [0.29, 0.717) is 5.75 Å². The zero-order valence-corrected chi connectivity index (χ0v) is 19.0. The van der Waals surface area contributed by atoms with Gasteiger partial charge in [-0.05, 0) is 54.9 Å². The summed E-state index contributed by atoms with van der Waals surface area (Å²) in [5.74, 6) is 0.638. The van der Waals surface area contributed by atoms with Gasteiger partial charge < -0.3 is 9.47 Å². The Hall–Kier alpha value is -2.29. The molecule has 2 rings (SSSR count). The van der Waals surface area contributed by atoms with Crippen LogP contribution in [0.4, 0.5) is 4.79 Å². The molecule has 2 aromatic rings. The van der Waals surface area contributed by atoms with Gasteiger partial charge in [0.15, 0.2) is 0 Å². The summed E-state index contributed by atoms with van der Waals surface area (Å²) in [6.07, 6.45) is 9.92. The van der Waals surface area contributed by atoms with E-state index in [1.807, 2.05) is 36.4 Å². The minimum absolute atomic E-state index is 0.277. The maximum atomic E-state index is 12.6. The highest BCUT2D eigenvalue weighted by molar-refractivity contribution is 5.65. The first-order valence-electron chi connectivity index (χ1n) is 11.7. The van der Waals surface area contributed by atoms with Crippen LogP contribution in [0.1, 0.15) is 94.9 Å². The van der Waals surface area contributed by atoms with Crippen molar-refractivity contribution >= 4 is 6.16 Å². The molecule has 30 heavy (non-hydrogen) atoms. The molecule has 0 radical (unpaired) electrons. The number of rotatable bonds is 13. The number of benzene rings is 2. The Morgan fingerprint density at radius 2 is 1.53 bits per heavy atom. The summed E-state index contributed by atoms with van der Waals surface area (Å²) in [4.78, 5) is 12.6. The Balaban J connectivity index is 2.08. The van der Waals surface area contributed by atoms with Gasteiger partial charge in [0.1, 0.15) is 11.9 Å². The van der Waals surface area contributed by atoms with Crippen molar-refractivity contribution < 1.29 is 14.3 Å². The third-order valence-corrected chi connectivity index (χ3v) is 5.40. The summed E-state index contributed by atoms with van der Waals surface area (Å²) in [6, 6.07) is 16.1. The Labute approximate surface area is 182 Å². The van der Waals surface area contributed by atoms with Gasteiger partial charge in [0.2, 0.25) is 0 Å². The lowest BCUT2D eigenvalue weighted by Gasteiger charge is -2.18. The van der Waals surface area contributed by atoms with Crippen molar-refractivity contribution in [3.8, 4) is 5.75 Å². The second kappa shape index (κ2) is 13.8.